The molecule has 1 aliphatic heterocycles. The molecule has 2 N–H and O–H groups in total. The van der Waals surface area contributed by atoms with Gasteiger partial charge in [0.2, 0.25) is 11.8 Å². The Kier molecular flexibility index (Phi) is 7.10. The van der Waals surface area contributed by atoms with E-state index in [2.05, 4.69) is 5.10 Å². The molecular weight excluding hydrogens is 400 g/mol. The van der Waals surface area contributed by atoms with Crippen LogP contribution in [0.4, 0.5) is 11.4 Å². The van der Waals surface area contributed by atoms with Gasteiger partial charge in [0.1, 0.15) is 5.71 Å². The van der Waals surface area contributed by atoms with Gasteiger partial charge in [0.25, 0.3) is 5.91 Å². The van der Waals surface area contributed by atoms with Gasteiger partial charge in [-0.15, -0.1) is 0 Å². The highest BCUT2D eigenvalue weighted by Gasteiger charge is 2.27. The lowest BCUT2D eigenvalue weighted by molar-refractivity contribution is -0.141. The second-order valence-electron chi connectivity index (χ2n) is 6.76. The molecule has 0 bridgehead atoms. The molecule has 160 valence electrons. The Balaban J connectivity index is 1.67. The first-order valence-corrected chi connectivity index (χ1v) is 9.72. The Hall–Kier alpha value is -4.01. The van der Waals surface area contributed by atoms with Crippen LogP contribution in [0.2, 0.25) is 0 Å². The highest BCUT2D eigenvalue weighted by molar-refractivity contribution is 6.38. The summed E-state index contributed by atoms with van der Waals surface area (Å²) in [5, 5.41) is 5.27. The Morgan fingerprint density at radius 2 is 1.65 bits per heavy atom. The zero-order valence-electron chi connectivity index (χ0n) is 16.8. The zero-order chi connectivity index (χ0) is 22.2. The van der Waals surface area contributed by atoms with E-state index in [4.69, 9.17) is 10.5 Å². The smallest absolute Gasteiger partial charge is 0.355 e. The van der Waals surface area contributed by atoms with E-state index in [1.165, 1.54) is 4.90 Å². The molecule has 0 saturated heterocycles. The van der Waals surface area contributed by atoms with Crippen LogP contribution in [0.5, 0.6) is 0 Å². The summed E-state index contributed by atoms with van der Waals surface area (Å²) in [7, 11) is 0. The van der Waals surface area contributed by atoms with Crippen molar-refractivity contribution in [1.82, 2.24) is 0 Å². The predicted octanol–water partition coefficient (Wildman–Crippen LogP) is 1.62. The molecular formula is C22H22N4O5. The van der Waals surface area contributed by atoms with Gasteiger partial charge in [0.15, 0.2) is 6.61 Å². The van der Waals surface area contributed by atoms with E-state index in [0.29, 0.717) is 11.4 Å². The summed E-state index contributed by atoms with van der Waals surface area (Å²) in [6.07, 6.45) is 0.195. The Morgan fingerprint density at radius 1 is 1.00 bits per heavy atom. The van der Waals surface area contributed by atoms with Gasteiger partial charge in [-0.05, 0) is 24.3 Å². The second-order valence-corrected chi connectivity index (χ2v) is 6.76. The third kappa shape index (κ3) is 5.75. The number of anilines is 2. The summed E-state index contributed by atoms with van der Waals surface area (Å²) in [5.74, 6) is -2.06. The van der Waals surface area contributed by atoms with Gasteiger partial charge in [-0.1, -0.05) is 36.4 Å². The maximum Gasteiger partial charge on any atom is 0.355 e. The molecule has 0 fully saturated rings. The molecule has 0 aromatic heterocycles. The minimum atomic E-state index is -0.773. The van der Waals surface area contributed by atoms with Crippen molar-refractivity contribution in [3.63, 3.8) is 0 Å². The summed E-state index contributed by atoms with van der Waals surface area (Å²) in [6.45, 7) is -0.474. The summed E-state index contributed by atoms with van der Waals surface area (Å²) < 4.78 is 5.16. The molecule has 0 spiro atoms. The topological polar surface area (TPSA) is 122 Å². The van der Waals surface area contributed by atoms with E-state index < -0.39 is 24.4 Å². The van der Waals surface area contributed by atoms with E-state index in [1.807, 2.05) is 0 Å². The molecule has 0 atom stereocenters. The van der Waals surface area contributed by atoms with Crippen molar-refractivity contribution in [1.29, 1.82) is 0 Å². The Labute approximate surface area is 179 Å². The highest BCUT2D eigenvalue weighted by Crippen LogP contribution is 2.20. The molecule has 3 amide bonds. The third-order valence-corrected chi connectivity index (χ3v) is 4.55. The highest BCUT2D eigenvalue weighted by atomic mass is 16.5. The van der Waals surface area contributed by atoms with E-state index in [-0.39, 0.29) is 37.4 Å². The standard InChI is InChI=1S/C22H22N4O5/c23-19(27)13-14-25(16-7-3-1-4-8-16)21(29)15-31-22(30)18-11-12-20(28)26(24-18)17-9-5-2-6-10-17/h1-10H,11-15H2,(H2,23,27). The van der Waals surface area contributed by atoms with Crippen molar-refractivity contribution < 1.29 is 23.9 Å². The SMILES string of the molecule is NC(=O)CCN(C(=O)COC(=O)C1=NN(c2ccccc2)C(=O)CC1)c1ccccc1. The van der Waals surface area contributed by atoms with Crippen molar-refractivity contribution >= 4 is 40.8 Å². The molecule has 0 radical (unpaired) electrons. The van der Waals surface area contributed by atoms with Gasteiger partial charge in [-0.3, -0.25) is 14.4 Å². The molecule has 3 rings (SSSR count). The molecule has 0 unspecified atom stereocenters. The number of nitrogens with two attached hydrogens (primary N) is 1. The number of hydrogen-bond donors (Lipinski definition) is 1. The minimum absolute atomic E-state index is 0.0323. The lowest BCUT2D eigenvalue weighted by Gasteiger charge is -2.24. The van der Waals surface area contributed by atoms with Crippen LogP contribution in [0, 0.1) is 0 Å². The quantitative estimate of drug-likeness (QED) is 0.648. The van der Waals surface area contributed by atoms with E-state index in [1.54, 1.807) is 60.7 Å². The van der Waals surface area contributed by atoms with Crippen LogP contribution in [0.15, 0.2) is 65.8 Å². The average Bonchev–Trinajstić information content (AvgIpc) is 2.79. The van der Waals surface area contributed by atoms with E-state index >= 15 is 0 Å². The van der Waals surface area contributed by atoms with Crippen LogP contribution >= 0.6 is 0 Å². The van der Waals surface area contributed by atoms with Crippen LogP contribution in [0.1, 0.15) is 19.3 Å². The van der Waals surface area contributed by atoms with Crippen molar-refractivity contribution in [2.75, 3.05) is 23.1 Å². The number of nitrogens with zero attached hydrogens (tertiary/aromatic N) is 3. The summed E-state index contributed by atoms with van der Waals surface area (Å²) in [5.41, 5.74) is 6.35. The summed E-state index contributed by atoms with van der Waals surface area (Å²) >= 11 is 0. The van der Waals surface area contributed by atoms with Gasteiger partial charge in [0, 0.05) is 31.5 Å². The third-order valence-electron chi connectivity index (χ3n) is 4.55. The Morgan fingerprint density at radius 3 is 2.29 bits per heavy atom. The lowest BCUT2D eigenvalue weighted by Crippen LogP contribution is -2.39. The first-order valence-electron chi connectivity index (χ1n) is 9.72. The van der Waals surface area contributed by atoms with Crippen LogP contribution in [0.3, 0.4) is 0 Å². The summed E-state index contributed by atoms with van der Waals surface area (Å²) in [4.78, 5) is 49.8. The first kappa shape index (κ1) is 21.7. The van der Waals surface area contributed by atoms with E-state index in [9.17, 15) is 19.2 Å². The fraction of sp³-hybridized carbons (Fsp3) is 0.227. The monoisotopic (exact) mass is 422 g/mol. The number of hydrogen-bond acceptors (Lipinski definition) is 6. The number of primary amides is 1. The molecule has 9 heteroatoms. The summed E-state index contributed by atoms with van der Waals surface area (Å²) in [6, 6.07) is 17.4. The number of carbonyl (C=O) groups excluding carboxylic acids is 4. The number of esters is 1. The van der Waals surface area contributed by atoms with Crippen molar-refractivity contribution in [2.24, 2.45) is 10.8 Å². The van der Waals surface area contributed by atoms with Crippen LogP contribution in [-0.2, 0) is 23.9 Å². The minimum Gasteiger partial charge on any atom is -0.451 e. The molecule has 0 aliphatic carbocycles. The number of hydrazone groups is 1. The largest absolute Gasteiger partial charge is 0.451 e. The number of rotatable bonds is 8. The van der Waals surface area contributed by atoms with Crippen molar-refractivity contribution in [2.45, 2.75) is 19.3 Å². The van der Waals surface area contributed by atoms with Gasteiger partial charge < -0.3 is 15.4 Å². The zero-order valence-corrected chi connectivity index (χ0v) is 16.8. The van der Waals surface area contributed by atoms with Gasteiger partial charge >= 0.3 is 5.97 Å². The normalized spacial score (nSPS) is 13.4. The number of carbonyl (C=O) groups is 4. The molecule has 9 nitrogen and oxygen atoms in total. The van der Waals surface area contributed by atoms with Gasteiger partial charge in [-0.25, -0.2) is 9.80 Å². The maximum atomic E-state index is 12.7. The van der Waals surface area contributed by atoms with Crippen molar-refractivity contribution in [3.05, 3.63) is 60.7 Å². The fourth-order valence-corrected chi connectivity index (χ4v) is 2.99. The van der Waals surface area contributed by atoms with Crippen molar-refractivity contribution in [3.8, 4) is 0 Å². The number of benzene rings is 2. The molecule has 2 aromatic carbocycles. The average molecular weight is 422 g/mol. The van der Waals surface area contributed by atoms with E-state index in [0.717, 1.165) is 5.01 Å². The molecule has 31 heavy (non-hydrogen) atoms. The number of ether oxygens (including phenoxy) is 1. The first-order chi connectivity index (χ1) is 15.0. The lowest BCUT2D eigenvalue weighted by atomic mass is 10.1. The van der Waals surface area contributed by atoms with Crippen LogP contribution < -0.4 is 15.6 Å². The fourth-order valence-electron chi connectivity index (χ4n) is 2.99. The number of para-hydroxylation sites is 2. The maximum absolute atomic E-state index is 12.7. The van der Waals surface area contributed by atoms with Crippen LogP contribution in [-0.4, -0.2) is 42.6 Å². The Bertz CT molecular complexity index is 991. The molecule has 0 saturated carbocycles. The molecule has 1 aliphatic rings. The predicted molar refractivity (Wildman–Crippen MR) is 114 cm³/mol. The van der Waals surface area contributed by atoms with Gasteiger partial charge in [0.05, 0.1) is 5.69 Å². The molecule has 2 aromatic rings. The molecule has 1 heterocycles. The second kappa shape index (κ2) is 10.1. The number of amides is 3. The van der Waals surface area contributed by atoms with Crippen LogP contribution in [0.25, 0.3) is 0 Å². The van der Waals surface area contributed by atoms with Gasteiger partial charge in [-0.2, -0.15) is 5.10 Å².